The average Bonchev–Trinajstić information content (AvgIpc) is 2.09. The number of carbonyl (C=O) groups is 1. The molecular formula is C7H12F3NO3. The molecule has 1 unspecified atom stereocenters. The fourth-order valence-electron chi connectivity index (χ4n) is 0.647. The Morgan fingerprint density at radius 3 is 2.57 bits per heavy atom. The number of alkyl halides is 3. The van der Waals surface area contributed by atoms with Crippen LogP contribution in [-0.2, 0) is 9.53 Å². The summed E-state index contributed by atoms with van der Waals surface area (Å²) >= 11 is 0. The predicted molar refractivity (Wildman–Crippen MR) is 41.6 cm³/mol. The average molecular weight is 215 g/mol. The maximum atomic E-state index is 11.7. The molecule has 0 rings (SSSR count). The first kappa shape index (κ1) is 13.2. The van der Waals surface area contributed by atoms with Crippen molar-refractivity contribution in [1.29, 1.82) is 0 Å². The topological polar surface area (TPSA) is 58.6 Å². The van der Waals surface area contributed by atoms with Crippen molar-refractivity contribution >= 4 is 5.97 Å². The predicted octanol–water partition coefficient (Wildman–Crippen LogP) is 0.0623. The van der Waals surface area contributed by atoms with Gasteiger partial charge in [0.1, 0.15) is 0 Å². The quantitative estimate of drug-likeness (QED) is 0.503. The van der Waals surface area contributed by atoms with E-state index < -0.39 is 24.8 Å². The molecule has 0 aliphatic rings. The summed E-state index contributed by atoms with van der Waals surface area (Å²) < 4.78 is 39.4. The first-order chi connectivity index (χ1) is 6.38. The standard InChI is InChI=1S/C7H12F3NO3/c1-14-6(13)2-3-11-4-5(12)7(8,9)10/h5,11-12H,2-4H2,1H3. The molecule has 14 heavy (non-hydrogen) atoms. The van der Waals surface area contributed by atoms with Crippen LogP contribution in [0.3, 0.4) is 0 Å². The molecule has 0 aliphatic carbocycles. The molecule has 0 fully saturated rings. The molecule has 0 aromatic carbocycles. The van der Waals surface area contributed by atoms with E-state index in [1.165, 1.54) is 7.11 Å². The number of nitrogens with one attached hydrogen (secondary N) is 1. The van der Waals surface area contributed by atoms with Crippen LogP contribution in [0.15, 0.2) is 0 Å². The van der Waals surface area contributed by atoms with E-state index in [4.69, 9.17) is 5.11 Å². The lowest BCUT2D eigenvalue weighted by molar-refractivity contribution is -0.201. The van der Waals surface area contributed by atoms with Gasteiger partial charge in [0.15, 0.2) is 6.10 Å². The molecule has 0 heterocycles. The van der Waals surface area contributed by atoms with Crippen LogP contribution in [0, 0.1) is 0 Å². The Labute approximate surface area is 79.0 Å². The fraction of sp³-hybridized carbons (Fsp3) is 0.857. The minimum absolute atomic E-state index is 0.0267. The number of ether oxygens (including phenoxy) is 1. The number of hydrogen-bond donors (Lipinski definition) is 2. The summed E-state index contributed by atoms with van der Waals surface area (Å²) in [5, 5.41) is 10.8. The molecule has 2 N–H and O–H groups in total. The van der Waals surface area contributed by atoms with Crippen LogP contribution < -0.4 is 5.32 Å². The van der Waals surface area contributed by atoms with E-state index in [0.29, 0.717) is 0 Å². The highest BCUT2D eigenvalue weighted by Gasteiger charge is 2.37. The summed E-state index contributed by atoms with van der Waals surface area (Å²) in [6.45, 7) is -0.583. The molecule has 0 spiro atoms. The molecule has 0 saturated heterocycles. The molecule has 0 aromatic rings. The van der Waals surface area contributed by atoms with Gasteiger partial charge < -0.3 is 15.2 Å². The van der Waals surface area contributed by atoms with Crippen LogP contribution in [-0.4, -0.2) is 43.6 Å². The Balaban J connectivity index is 3.50. The van der Waals surface area contributed by atoms with Crippen LogP contribution >= 0.6 is 0 Å². The Morgan fingerprint density at radius 1 is 1.57 bits per heavy atom. The second kappa shape index (κ2) is 5.82. The van der Waals surface area contributed by atoms with Crippen molar-refractivity contribution in [3.8, 4) is 0 Å². The van der Waals surface area contributed by atoms with Crippen LogP contribution in [0.25, 0.3) is 0 Å². The van der Waals surface area contributed by atoms with Crippen molar-refractivity contribution in [3.05, 3.63) is 0 Å². The van der Waals surface area contributed by atoms with Gasteiger partial charge in [-0.2, -0.15) is 13.2 Å². The Kier molecular flexibility index (Phi) is 5.47. The third-order valence-electron chi connectivity index (χ3n) is 1.45. The van der Waals surface area contributed by atoms with Crippen molar-refractivity contribution in [1.82, 2.24) is 5.32 Å². The molecule has 0 radical (unpaired) electrons. The van der Waals surface area contributed by atoms with Crippen molar-refractivity contribution in [2.75, 3.05) is 20.2 Å². The zero-order valence-corrected chi connectivity index (χ0v) is 7.60. The molecule has 1 atom stereocenters. The smallest absolute Gasteiger partial charge is 0.415 e. The molecule has 4 nitrogen and oxygen atoms in total. The Hall–Kier alpha value is -0.820. The molecule has 0 aliphatic heterocycles. The molecule has 0 saturated carbocycles. The number of aliphatic hydroxyl groups excluding tert-OH is 1. The highest BCUT2D eigenvalue weighted by Crippen LogP contribution is 2.18. The van der Waals surface area contributed by atoms with Gasteiger partial charge in [0.05, 0.1) is 13.5 Å². The first-order valence-corrected chi connectivity index (χ1v) is 3.90. The maximum Gasteiger partial charge on any atom is 0.415 e. The van der Waals surface area contributed by atoms with E-state index in [1.807, 2.05) is 0 Å². The first-order valence-electron chi connectivity index (χ1n) is 3.90. The lowest BCUT2D eigenvalue weighted by Crippen LogP contribution is -2.39. The van der Waals surface area contributed by atoms with Gasteiger partial charge in [0.25, 0.3) is 0 Å². The lowest BCUT2D eigenvalue weighted by atomic mass is 10.3. The van der Waals surface area contributed by atoms with Gasteiger partial charge in [-0.3, -0.25) is 4.79 Å². The molecule has 7 heteroatoms. The zero-order chi connectivity index (χ0) is 11.2. The van der Waals surface area contributed by atoms with Crippen molar-refractivity contribution in [3.63, 3.8) is 0 Å². The summed E-state index contributed by atoms with van der Waals surface area (Å²) in [6.07, 6.45) is -7.06. The molecule has 0 aromatic heterocycles. The molecule has 0 bridgehead atoms. The van der Waals surface area contributed by atoms with E-state index in [9.17, 15) is 18.0 Å². The van der Waals surface area contributed by atoms with Gasteiger partial charge in [-0.25, -0.2) is 0 Å². The number of methoxy groups -OCH3 is 1. The van der Waals surface area contributed by atoms with E-state index in [2.05, 4.69) is 10.1 Å². The molecular weight excluding hydrogens is 203 g/mol. The largest absolute Gasteiger partial charge is 0.469 e. The van der Waals surface area contributed by atoms with E-state index >= 15 is 0 Å². The van der Waals surface area contributed by atoms with Gasteiger partial charge >= 0.3 is 12.1 Å². The van der Waals surface area contributed by atoms with Gasteiger partial charge in [-0.15, -0.1) is 0 Å². The highest BCUT2D eigenvalue weighted by molar-refractivity contribution is 5.69. The molecule has 0 amide bonds. The number of hydrogen-bond acceptors (Lipinski definition) is 4. The Bertz CT molecular complexity index is 184. The van der Waals surface area contributed by atoms with Crippen LogP contribution in [0.4, 0.5) is 13.2 Å². The SMILES string of the molecule is COC(=O)CCNCC(O)C(F)(F)F. The summed E-state index contributed by atoms with van der Waals surface area (Å²) in [7, 11) is 1.19. The normalized spacial score (nSPS) is 13.8. The van der Waals surface area contributed by atoms with Crippen LogP contribution in [0.5, 0.6) is 0 Å². The van der Waals surface area contributed by atoms with Crippen molar-refractivity contribution < 1.29 is 27.8 Å². The third kappa shape index (κ3) is 5.76. The number of carbonyl (C=O) groups excluding carboxylic acids is 1. The van der Waals surface area contributed by atoms with Gasteiger partial charge in [0.2, 0.25) is 0 Å². The van der Waals surface area contributed by atoms with E-state index in [1.54, 1.807) is 0 Å². The van der Waals surface area contributed by atoms with Gasteiger partial charge in [0, 0.05) is 13.1 Å². The third-order valence-corrected chi connectivity index (χ3v) is 1.45. The second-order valence-corrected chi connectivity index (χ2v) is 2.59. The monoisotopic (exact) mass is 215 g/mol. The van der Waals surface area contributed by atoms with Crippen LogP contribution in [0.1, 0.15) is 6.42 Å². The molecule has 84 valence electrons. The number of rotatable bonds is 5. The van der Waals surface area contributed by atoms with E-state index in [-0.39, 0.29) is 13.0 Å². The summed E-state index contributed by atoms with van der Waals surface area (Å²) in [5.41, 5.74) is 0. The number of halogens is 3. The summed E-state index contributed by atoms with van der Waals surface area (Å²) in [4.78, 5) is 10.5. The summed E-state index contributed by atoms with van der Waals surface area (Å²) in [5.74, 6) is -0.515. The van der Waals surface area contributed by atoms with Crippen molar-refractivity contribution in [2.24, 2.45) is 0 Å². The van der Waals surface area contributed by atoms with Gasteiger partial charge in [-0.1, -0.05) is 0 Å². The van der Waals surface area contributed by atoms with Crippen LogP contribution in [0.2, 0.25) is 0 Å². The highest BCUT2D eigenvalue weighted by atomic mass is 19.4. The maximum absolute atomic E-state index is 11.7. The minimum Gasteiger partial charge on any atom is -0.469 e. The number of aliphatic hydroxyl groups is 1. The summed E-state index contributed by atoms with van der Waals surface area (Å²) in [6, 6.07) is 0. The van der Waals surface area contributed by atoms with Gasteiger partial charge in [-0.05, 0) is 0 Å². The fourth-order valence-corrected chi connectivity index (χ4v) is 0.647. The Morgan fingerprint density at radius 2 is 2.14 bits per heavy atom. The lowest BCUT2D eigenvalue weighted by Gasteiger charge is -2.14. The number of esters is 1. The van der Waals surface area contributed by atoms with Crippen molar-refractivity contribution in [2.45, 2.75) is 18.7 Å². The second-order valence-electron chi connectivity index (χ2n) is 2.59. The van der Waals surface area contributed by atoms with E-state index in [0.717, 1.165) is 0 Å². The zero-order valence-electron chi connectivity index (χ0n) is 7.60. The minimum atomic E-state index is -4.63.